The molecule has 0 aliphatic heterocycles. The van der Waals surface area contributed by atoms with E-state index in [0.717, 1.165) is 6.07 Å². The summed E-state index contributed by atoms with van der Waals surface area (Å²) < 4.78 is 40.2. The van der Waals surface area contributed by atoms with Crippen LogP contribution in [0.25, 0.3) is 0 Å². The molecule has 2 aromatic rings. The standard InChI is InChI=1S/C14H10BrF3O/c15-10-5-6-11(17)13(14(10)18)12(19)7-8-1-3-9(16)4-2-8/h1-6,12,19H,7H2. The Morgan fingerprint density at radius 3 is 2.26 bits per heavy atom. The Balaban J connectivity index is 2.27. The van der Waals surface area contributed by atoms with Crippen molar-refractivity contribution in [2.24, 2.45) is 0 Å². The fourth-order valence-electron chi connectivity index (χ4n) is 1.79. The molecule has 100 valence electrons. The van der Waals surface area contributed by atoms with E-state index < -0.39 is 29.1 Å². The van der Waals surface area contributed by atoms with Gasteiger partial charge in [0.25, 0.3) is 0 Å². The second kappa shape index (κ2) is 5.75. The fraction of sp³-hybridized carbons (Fsp3) is 0.143. The van der Waals surface area contributed by atoms with Crippen LogP contribution in [0.5, 0.6) is 0 Å². The molecule has 0 heterocycles. The highest BCUT2D eigenvalue weighted by Gasteiger charge is 2.20. The summed E-state index contributed by atoms with van der Waals surface area (Å²) in [4.78, 5) is 0. The van der Waals surface area contributed by atoms with Crippen molar-refractivity contribution in [2.75, 3.05) is 0 Å². The van der Waals surface area contributed by atoms with Crippen molar-refractivity contribution in [1.82, 2.24) is 0 Å². The molecule has 0 radical (unpaired) electrons. The molecule has 1 nitrogen and oxygen atoms in total. The van der Waals surface area contributed by atoms with Crippen LogP contribution < -0.4 is 0 Å². The molecule has 1 unspecified atom stereocenters. The number of halogens is 4. The summed E-state index contributed by atoms with van der Waals surface area (Å²) in [5.41, 5.74) is 0.200. The molecule has 1 N–H and O–H groups in total. The minimum absolute atomic E-state index is 0.00454. The van der Waals surface area contributed by atoms with E-state index in [1.165, 1.54) is 30.3 Å². The van der Waals surface area contributed by atoms with Gasteiger partial charge in [-0.2, -0.15) is 0 Å². The lowest BCUT2D eigenvalue weighted by Gasteiger charge is -2.14. The van der Waals surface area contributed by atoms with Gasteiger partial charge < -0.3 is 5.11 Å². The smallest absolute Gasteiger partial charge is 0.146 e. The SMILES string of the molecule is OC(Cc1ccc(F)cc1)c1c(F)ccc(Br)c1F. The zero-order chi connectivity index (χ0) is 14.0. The van der Waals surface area contributed by atoms with Gasteiger partial charge in [0.15, 0.2) is 0 Å². The Kier molecular flexibility index (Phi) is 4.27. The summed E-state index contributed by atoms with van der Waals surface area (Å²) in [5.74, 6) is -2.04. The highest BCUT2D eigenvalue weighted by atomic mass is 79.9. The van der Waals surface area contributed by atoms with Gasteiger partial charge in [-0.1, -0.05) is 12.1 Å². The Labute approximate surface area is 116 Å². The summed E-state index contributed by atoms with van der Waals surface area (Å²) in [6.45, 7) is 0. The van der Waals surface area contributed by atoms with E-state index in [-0.39, 0.29) is 10.9 Å². The lowest BCUT2D eigenvalue weighted by molar-refractivity contribution is 0.168. The molecule has 0 bridgehead atoms. The van der Waals surface area contributed by atoms with Crippen molar-refractivity contribution in [3.05, 3.63) is 69.4 Å². The first-order valence-corrected chi connectivity index (χ1v) is 6.34. The monoisotopic (exact) mass is 330 g/mol. The minimum atomic E-state index is -1.33. The van der Waals surface area contributed by atoms with Crippen molar-refractivity contribution in [2.45, 2.75) is 12.5 Å². The van der Waals surface area contributed by atoms with E-state index >= 15 is 0 Å². The molecule has 0 aliphatic rings. The van der Waals surface area contributed by atoms with Gasteiger partial charge >= 0.3 is 0 Å². The van der Waals surface area contributed by atoms with Crippen LogP contribution in [0, 0.1) is 17.5 Å². The molecule has 0 saturated heterocycles. The van der Waals surface area contributed by atoms with Gasteiger partial charge in [0, 0.05) is 6.42 Å². The van der Waals surface area contributed by atoms with Crippen LogP contribution in [-0.2, 0) is 6.42 Å². The van der Waals surface area contributed by atoms with Crippen LogP contribution >= 0.6 is 15.9 Å². The van der Waals surface area contributed by atoms with Crippen LogP contribution in [-0.4, -0.2) is 5.11 Å². The van der Waals surface area contributed by atoms with Gasteiger partial charge in [0.05, 0.1) is 16.1 Å². The zero-order valence-corrected chi connectivity index (χ0v) is 11.3. The van der Waals surface area contributed by atoms with Crippen LogP contribution in [0.3, 0.4) is 0 Å². The first-order chi connectivity index (χ1) is 8.99. The molecule has 2 rings (SSSR count). The number of aliphatic hydroxyl groups excluding tert-OH is 1. The predicted octanol–water partition coefficient (Wildman–Crippen LogP) is 4.14. The maximum Gasteiger partial charge on any atom is 0.146 e. The Bertz CT molecular complexity index is 584. The summed E-state index contributed by atoms with van der Waals surface area (Å²) in [6.07, 6.45) is -1.33. The summed E-state index contributed by atoms with van der Waals surface area (Å²) in [7, 11) is 0. The second-order valence-electron chi connectivity index (χ2n) is 4.10. The molecule has 0 fully saturated rings. The van der Waals surface area contributed by atoms with Crippen molar-refractivity contribution >= 4 is 15.9 Å². The molecule has 0 saturated carbocycles. The first kappa shape index (κ1) is 14.1. The fourth-order valence-corrected chi connectivity index (χ4v) is 2.14. The average molecular weight is 331 g/mol. The van der Waals surface area contributed by atoms with Crippen LogP contribution in [0.1, 0.15) is 17.2 Å². The average Bonchev–Trinajstić information content (AvgIpc) is 2.37. The van der Waals surface area contributed by atoms with Crippen molar-refractivity contribution < 1.29 is 18.3 Å². The molecule has 5 heteroatoms. The van der Waals surface area contributed by atoms with Gasteiger partial charge in [-0.3, -0.25) is 0 Å². The van der Waals surface area contributed by atoms with Crippen molar-refractivity contribution in [3.8, 4) is 0 Å². The van der Waals surface area contributed by atoms with E-state index in [0.29, 0.717) is 5.56 Å². The van der Waals surface area contributed by atoms with Gasteiger partial charge in [-0.05, 0) is 45.8 Å². The van der Waals surface area contributed by atoms with Crippen molar-refractivity contribution in [3.63, 3.8) is 0 Å². The molecule has 0 spiro atoms. The highest BCUT2D eigenvalue weighted by molar-refractivity contribution is 9.10. The second-order valence-corrected chi connectivity index (χ2v) is 4.96. The predicted molar refractivity (Wildman–Crippen MR) is 69.1 cm³/mol. The molecule has 1 atom stereocenters. The van der Waals surface area contributed by atoms with Gasteiger partial charge in [-0.15, -0.1) is 0 Å². The number of rotatable bonds is 3. The third kappa shape index (κ3) is 3.16. The number of benzene rings is 2. The van der Waals surface area contributed by atoms with Gasteiger partial charge in [0.2, 0.25) is 0 Å². The summed E-state index contributed by atoms with van der Waals surface area (Å²) in [5, 5.41) is 9.93. The van der Waals surface area contributed by atoms with Crippen LogP contribution in [0.2, 0.25) is 0 Å². The number of aliphatic hydroxyl groups is 1. The lowest BCUT2D eigenvalue weighted by Crippen LogP contribution is -2.08. The normalized spacial score (nSPS) is 12.5. The maximum atomic E-state index is 13.8. The molecule has 0 aromatic heterocycles. The molecular weight excluding hydrogens is 321 g/mol. The third-order valence-corrected chi connectivity index (χ3v) is 3.37. The quantitative estimate of drug-likeness (QED) is 0.838. The molecule has 2 aromatic carbocycles. The number of hydrogen-bond donors (Lipinski definition) is 1. The van der Waals surface area contributed by atoms with E-state index in [2.05, 4.69) is 15.9 Å². The topological polar surface area (TPSA) is 20.2 Å². The molecule has 0 amide bonds. The Morgan fingerprint density at radius 1 is 1.00 bits per heavy atom. The maximum absolute atomic E-state index is 13.8. The van der Waals surface area contributed by atoms with Gasteiger partial charge in [0.1, 0.15) is 17.5 Å². The van der Waals surface area contributed by atoms with E-state index in [1.54, 1.807) is 0 Å². The Hall–Kier alpha value is -1.33. The van der Waals surface area contributed by atoms with Crippen LogP contribution in [0.15, 0.2) is 40.9 Å². The van der Waals surface area contributed by atoms with Crippen molar-refractivity contribution in [1.29, 1.82) is 0 Å². The van der Waals surface area contributed by atoms with Gasteiger partial charge in [-0.25, -0.2) is 13.2 Å². The molecular formula is C14H10BrF3O. The highest BCUT2D eigenvalue weighted by Crippen LogP contribution is 2.28. The summed E-state index contributed by atoms with van der Waals surface area (Å²) >= 11 is 2.94. The first-order valence-electron chi connectivity index (χ1n) is 5.55. The number of hydrogen-bond acceptors (Lipinski definition) is 1. The van der Waals surface area contributed by atoms with E-state index in [4.69, 9.17) is 0 Å². The third-order valence-electron chi connectivity index (χ3n) is 2.75. The summed E-state index contributed by atoms with van der Waals surface area (Å²) in [6, 6.07) is 7.71. The largest absolute Gasteiger partial charge is 0.388 e. The van der Waals surface area contributed by atoms with E-state index in [9.17, 15) is 18.3 Å². The molecule has 19 heavy (non-hydrogen) atoms. The molecule has 0 aliphatic carbocycles. The van der Waals surface area contributed by atoms with E-state index in [1.807, 2.05) is 0 Å². The minimum Gasteiger partial charge on any atom is -0.388 e. The Morgan fingerprint density at radius 2 is 1.63 bits per heavy atom. The lowest BCUT2D eigenvalue weighted by atomic mass is 10.0. The van der Waals surface area contributed by atoms with Crippen LogP contribution in [0.4, 0.5) is 13.2 Å². The zero-order valence-electron chi connectivity index (χ0n) is 9.71.